The van der Waals surface area contributed by atoms with Crippen molar-refractivity contribution in [2.24, 2.45) is 0 Å². The first-order valence-electron chi connectivity index (χ1n) is 6.62. The number of thioether (sulfide) groups is 1. The van der Waals surface area contributed by atoms with Gasteiger partial charge in [-0.2, -0.15) is 0 Å². The number of nitrogens with one attached hydrogen (secondary N) is 1. The lowest BCUT2D eigenvalue weighted by molar-refractivity contribution is 0.504. The molecule has 1 aliphatic heterocycles. The lowest BCUT2D eigenvalue weighted by Crippen LogP contribution is -2.24. The molecule has 1 atom stereocenters. The van der Waals surface area contributed by atoms with Gasteiger partial charge in [0.2, 0.25) is 0 Å². The standard InChI is InChI=1S/C16H15ClFNS/c17-12-3-1-2-11(8-12)10-19-15-6-7-20-16-5-4-13(18)9-14(15)16/h1-5,8-9,15,19H,6-7,10H2. The molecule has 0 saturated heterocycles. The van der Waals surface area contributed by atoms with E-state index in [2.05, 4.69) is 5.32 Å². The van der Waals surface area contributed by atoms with Gasteiger partial charge in [-0.1, -0.05) is 23.7 Å². The van der Waals surface area contributed by atoms with Crippen molar-refractivity contribution in [3.63, 3.8) is 0 Å². The van der Waals surface area contributed by atoms with Gasteiger partial charge >= 0.3 is 0 Å². The summed E-state index contributed by atoms with van der Waals surface area (Å²) in [5.41, 5.74) is 2.22. The summed E-state index contributed by atoms with van der Waals surface area (Å²) >= 11 is 7.79. The van der Waals surface area contributed by atoms with E-state index in [1.54, 1.807) is 17.8 Å². The van der Waals surface area contributed by atoms with E-state index in [4.69, 9.17) is 11.6 Å². The molecule has 0 aromatic heterocycles. The zero-order chi connectivity index (χ0) is 13.9. The Morgan fingerprint density at radius 1 is 1.25 bits per heavy atom. The van der Waals surface area contributed by atoms with Crippen LogP contribution in [0.15, 0.2) is 47.4 Å². The van der Waals surface area contributed by atoms with Crippen LogP contribution in [-0.2, 0) is 6.54 Å². The normalized spacial score (nSPS) is 17.8. The van der Waals surface area contributed by atoms with E-state index in [1.165, 1.54) is 11.0 Å². The fourth-order valence-electron chi connectivity index (χ4n) is 2.47. The van der Waals surface area contributed by atoms with Gasteiger partial charge < -0.3 is 5.32 Å². The van der Waals surface area contributed by atoms with Crippen LogP contribution in [0.25, 0.3) is 0 Å². The Hall–Kier alpha value is -1.03. The number of benzene rings is 2. The van der Waals surface area contributed by atoms with E-state index in [-0.39, 0.29) is 11.9 Å². The van der Waals surface area contributed by atoms with Gasteiger partial charge in [-0.05, 0) is 53.6 Å². The predicted molar refractivity (Wildman–Crippen MR) is 82.8 cm³/mol. The monoisotopic (exact) mass is 307 g/mol. The van der Waals surface area contributed by atoms with Gasteiger partial charge in [0.1, 0.15) is 5.82 Å². The molecule has 104 valence electrons. The van der Waals surface area contributed by atoms with Crippen molar-refractivity contribution in [1.29, 1.82) is 0 Å². The van der Waals surface area contributed by atoms with Crippen LogP contribution in [0.1, 0.15) is 23.6 Å². The van der Waals surface area contributed by atoms with Crippen molar-refractivity contribution < 1.29 is 4.39 Å². The second-order valence-corrected chi connectivity index (χ2v) is 6.46. The average molecular weight is 308 g/mol. The van der Waals surface area contributed by atoms with Gasteiger partial charge in [0, 0.05) is 22.5 Å². The molecule has 0 spiro atoms. The van der Waals surface area contributed by atoms with Crippen LogP contribution in [0.5, 0.6) is 0 Å². The summed E-state index contributed by atoms with van der Waals surface area (Å²) in [5, 5.41) is 4.26. The van der Waals surface area contributed by atoms with Crippen molar-refractivity contribution in [1.82, 2.24) is 5.32 Å². The van der Waals surface area contributed by atoms with Gasteiger partial charge in [-0.25, -0.2) is 4.39 Å². The molecule has 1 aliphatic rings. The van der Waals surface area contributed by atoms with Crippen LogP contribution in [0.2, 0.25) is 5.02 Å². The SMILES string of the molecule is Fc1ccc2c(c1)C(NCc1cccc(Cl)c1)CCS2. The number of hydrogen-bond donors (Lipinski definition) is 1. The maximum atomic E-state index is 13.4. The van der Waals surface area contributed by atoms with E-state index in [9.17, 15) is 4.39 Å². The van der Waals surface area contributed by atoms with Crippen LogP contribution in [0, 0.1) is 5.82 Å². The Kier molecular flexibility index (Phi) is 4.29. The number of rotatable bonds is 3. The van der Waals surface area contributed by atoms with Crippen LogP contribution in [0.4, 0.5) is 4.39 Å². The molecule has 4 heteroatoms. The van der Waals surface area contributed by atoms with E-state index in [0.29, 0.717) is 0 Å². The van der Waals surface area contributed by atoms with Crippen molar-refractivity contribution in [3.8, 4) is 0 Å². The zero-order valence-corrected chi connectivity index (χ0v) is 12.5. The molecular weight excluding hydrogens is 293 g/mol. The molecule has 0 saturated carbocycles. The smallest absolute Gasteiger partial charge is 0.123 e. The van der Waals surface area contributed by atoms with Gasteiger partial charge in [0.05, 0.1) is 0 Å². The summed E-state index contributed by atoms with van der Waals surface area (Å²) in [4.78, 5) is 1.18. The van der Waals surface area contributed by atoms with E-state index < -0.39 is 0 Å². The Bertz CT molecular complexity index is 617. The Balaban J connectivity index is 1.75. The number of fused-ring (bicyclic) bond motifs is 1. The minimum Gasteiger partial charge on any atom is -0.306 e. The third kappa shape index (κ3) is 3.17. The first kappa shape index (κ1) is 13.9. The lowest BCUT2D eigenvalue weighted by Gasteiger charge is -2.26. The Morgan fingerprint density at radius 2 is 2.15 bits per heavy atom. The topological polar surface area (TPSA) is 12.0 Å². The summed E-state index contributed by atoms with van der Waals surface area (Å²) in [6.45, 7) is 0.742. The molecule has 2 aromatic rings. The highest BCUT2D eigenvalue weighted by Crippen LogP contribution is 2.36. The molecule has 0 amide bonds. The van der Waals surface area contributed by atoms with E-state index >= 15 is 0 Å². The fraction of sp³-hybridized carbons (Fsp3) is 0.250. The largest absolute Gasteiger partial charge is 0.306 e. The summed E-state index contributed by atoms with van der Waals surface area (Å²) in [7, 11) is 0. The highest BCUT2D eigenvalue weighted by molar-refractivity contribution is 7.99. The predicted octanol–water partition coefficient (Wildman–Crippen LogP) is 4.81. The second kappa shape index (κ2) is 6.17. The van der Waals surface area contributed by atoms with Gasteiger partial charge in [-0.15, -0.1) is 11.8 Å². The molecule has 0 bridgehead atoms. The molecule has 1 unspecified atom stereocenters. The third-order valence-electron chi connectivity index (χ3n) is 3.45. The van der Waals surface area contributed by atoms with E-state index in [0.717, 1.165) is 34.9 Å². The van der Waals surface area contributed by atoms with Crippen LogP contribution < -0.4 is 5.32 Å². The first-order valence-corrected chi connectivity index (χ1v) is 7.99. The van der Waals surface area contributed by atoms with Crippen LogP contribution in [-0.4, -0.2) is 5.75 Å². The fourth-order valence-corrected chi connectivity index (χ4v) is 3.78. The zero-order valence-electron chi connectivity index (χ0n) is 10.9. The van der Waals surface area contributed by atoms with Crippen molar-refractivity contribution >= 4 is 23.4 Å². The van der Waals surface area contributed by atoms with Crippen LogP contribution >= 0.6 is 23.4 Å². The minimum atomic E-state index is -0.166. The molecule has 1 N–H and O–H groups in total. The molecule has 0 radical (unpaired) electrons. The lowest BCUT2D eigenvalue weighted by atomic mass is 10.0. The van der Waals surface area contributed by atoms with Crippen molar-refractivity contribution in [2.75, 3.05) is 5.75 Å². The second-order valence-electron chi connectivity index (χ2n) is 4.88. The summed E-state index contributed by atoms with van der Waals surface area (Å²) in [5.74, 6) is 0.895. The number of halogens is 2. The summed E-state index contributed by atoms with van der Waals surface area (Å²) in [6.07, 6.45) is 1.02. The average Bonchev–Trinajstić information content (AvgIpc) is 2.45. The maximum absolute atomic E-state index is 13.4. The first-order chi connectivity index (χ1) is 9.72. The molecule has 0 aliphatic carbocycles. The highest BCUT2D eigenvalue weighted by atomic mass is 35.5. The Labute approximate surface area is 127 Å². The molecule has 2 aromatic carbocycles. The van der Waals surface area contributed by atoms with Crippen LogP contribution in [0.3, 0.4) is 0 Å². The molecule has 20 heavy (non-hydrogen) atoms. The highest BCUT2D eigenvalue weighted by Gasteiger charge is 2.20. The molecule has 1 nitrogen and oxygen atoms in total. The van der Waals surface area contributed by atoms with Crippen molar-refractivity contribution in [2.45, 2.75) is 23.9 Å². The van der Waals surface area contributed by atoms with Gasteiger partial charge in [0.25, 0.3) is 0 Å². The number of hydrogen-bond acceptors (Lipinski definition) is 2. The van der Waals surface area contributed by atoms with E-state index in [1.807, 2.05) is 30.3 Å². The maximum Gasteiger partial charge on any atom is 0.123 e. The quantitative estimate of drug-likeness (QED) is 0.873. The summed E-state index contributed by atoms with van der Waals surface area (Å²) < 4.78 is 13.4. The molecule has 1 heterocycles. The van der Waals surface area contributed by atoms with Crippen molar-refractivity contribution in [3.05, 3.63) is 64.4 Å². The van der Waals surface area contributed by atoms with Gasteiger partial charge in [0.15, 0.2) is 0 Å². The molecule has 0 fully saturated rings. The van der Waals surface area contributed by atoms with Gasteiger partial charge in [-0.3, -0.25) is 0 Å². The third-order valence-corrected chi connectivity index (χ3v) is 4.81. The molecule has 3 rings (SSSR count). The Morgan fingerprint density at radius 3 is 3.00 bits per heavy atom. The minimum absolute atomic E-state index is 0.166. The molecular formula is C16H15ClFNS. The summed E-state index contributed by atoms with van der Waals surface area (Å²) in [6, 6.07) is 13.1.